The number of rotatable bonds is 4. The summed E-state index contributed by atoms with van der Waals surface area (Å²) in [5.41, 5.74) is 0.459. The molecule has 6 heteroatoms. The number of hydrogen-bond acceptors (Lipinski definition) is 3. The lowest BCUT2D eigenvalue weighted by atomic mass is 10.2. The van der Waals surface area contributed by atoms with Crippen LogP contribution in [0.25, 0.3) is 0 Å². The van der Waals surface area contributed by atoms with Crippen molar-refractivity contribution in [2.45, 2.75) is 19.9 Å². The van der Waals surface area contributed by atoms with Crippen LogP contribution >= 0.6 is 31.9 Å². The summed E-state index contributed by atoms with van der Waals surface area (Å²) in [6, 6.07) is 4.57. The van der Waals surface area contributed by atoms with Gasteiger partial charge in [0.15, 0.2) is 0 Å². The van der Waals surface area contributed by atoms with Gasteiger partial charge in [0.25, 0.3) is 5.91 Å². The summed E-state index contributed by atoms with van der Waals surface area (Å²) >= 11 is 6.58. The largest absolute Gasteiger partial charge is 0.464 e. The summed E-state index contributed by atoms with van der Waals surface area (Å²) in [6.07, 6.45) is 0. The van der Waals surface area contributed by atoms with E-state index in [1.807, 2.05) is 6.07 Å². The number of amides is 1. The molecular weight excluding hydrogens is 366 g/mol. The van der Waals surface area contributed by atoms with E-state index in [1.165, 1.54) is 0 Å². The molecule has 18 heavy (non-hydrogen) atoms. The monoisotopic (exact) mass is 377 g/mol. The van der Waals surface area contributed by atoms with Crippen LogP contribution in [0.15, 0.2) is 27.1 Å². The number of nitrogens with one attached hydrogen (secondary N) is 1. The molecule has 1 amide bonds. The van der Waals surface area contributed by atoms with Gasteiger partial charge in [-0.05, 0) is 48.0 Å². The first-order valence-electron chi connectivity index (χ1n) is 5.38. The highest BCUT2D eigenvalue weighted by Gasteiger charge is 2.19. The molecule has 0 spiro atoms. The van der Waals surface area contributed by atoms with Crippen molar-refractivity contribution in [3.05, 3.63) is 32.7 Å². The van der Waals surface area contributed by atoms with E-state index in [-0.39, 0.29) is 5.91 Å². The van der Waals surface area contributed by atoms with Crippen LogP contribution in [0.1, 0.15) is 24.2 Å². The van der Waals surface area contributed by atoms with Gasteiger partial charge in [-0.2, -0.15) is 0 Å². The molecule has 0 aliphatic heterocycles. The van der Waals surface area contributed by atoms with Gasteiger partial charge in [0, 0.05) is 8.95 Å². The number of esters is 1. The van der Waals surface area contributed by atoms with Gasteiger partial charge in [0.05, 0.1) is 12.2 Å². The van der Waals surface area contributed by atoms with E-state index < -0.39 is 12.0 Å². The van der Waals surface area contributed by atoms with Crippen molar-refractivity contribution in [3.63, 3.8) is 0 Å². The van der Waals surface area contributed by atoms with E-state index in [9.17, 15) is 9.59 Å². The summed E-state index contributed by atoms with van der Waals surface area (Å²) in [5, 5.41) is 2.58. The highest BCUT2D eigenvalue weighted by molar-refractivity contribution is 9.11. The Morgan fingerprint density at radius 3 is 2.67 bits per heavy atom. The molecule has 0 aromatic heterocycles. The maximum absolute atomic E-state index is 12.0. The minimum Gasteiger partial charge on any atom is -0.464 e. The molecule has 0 heterocycles. The Kier molecular flexibility index (Phi) is 5.81. The summed E-state index contributed by atoms with van der Waals surface area (Å²) in [5.74, 6) is -0.777. The third-order valence-corrected chi connectivity index (χ3v) is 3.35. The van der Waals surface area contributed by atoms with Crippen molar-refractivity contribution < 1.29 is 14.3 Å². The van der Waals surface area contributed by atoms with Crippen molar-refractivity contribution in [2.75, 3.05) is 6.61 Å². The normalized spacial score (nSPS) is 11.8. The summed E-state index contributed by atoms with van der Waals surface area (Å²) in [6.45, 7) is 3.60. The molecule has 1 aromatic carbocycles. The Morgan fingerprint density at radius 2 is 2.06 bits per heavy atom. The Balaban J connectivity index is 2.76. The first-order chi connectivity index (χ1) is 8.45. The fourth-order valence-corrected chi connectivity index (χ4v) is 2.06. The molecule has 1 N–H and O–H groups in total. The SMILES string of the molecule is CCOC(=O)C(C)NC(=O)c1cc(Br)ccc1Br. The Morgan fingerprint density at radius 1 is 1.39 bits per heavy atom. The number of carbonyl (C=O) groups is 2. The molecule has 1 atom stereocenters. The zero-order chi connectivity index (χ0) is 13.7. The average Bonchev–Trinajstić information content (AvgIpc) is 2.32. The number of hydrogen-bond donors (Lipinski definition) is 1. The highest BCUT2D eigenvalue weighted by atomic mass is 79.9. The first-order valence-corrected chi connectivity index (χ1v) is 6.96. The summed E-state index contributed by atoms with van der Waals surface area (Å²) in [7, 11) is 0. The van der Waals surface area contributed by atoms with E-state index in [1.54, 1.807) is 26.0 Å². The van der Waals surface area contributed by atoms with Crippen molar-refractivity contribution >= 4 is 43.7 Å². The summed E-state index contributed by atoms with van der Waals surface area (Å²) in [4.78, 5) is 23.4. The predicted molar refractivity (Wildman–Crippen MR) is 75.4 cm³/mol. The van der Waals surface area contributed by atoms with E-state index >= 15 is 0 Å². The standard InChI is InChI=1S/C12H13Br2NO3/c1-3-18-12(17)7(2)15-11(16)9-6-8(13)4-5-10(9)14/h4-7H,3H2,1-2H3,(H,15,16). The topological polar surface area (TPSA) is 55.4 Å². The lowest BCUT2D eigenvalue weighted by Gasteiger charge is -2.13. The van der Waals surface area contributed by atoms with E-state index in [2.05, 4.69) is 37.2 Å². The maximum atomic E-state index is 12.0. The fraction of sp³-hybridized carbons (Fsp3) is 0.333. The third kappa shape index (κ3) is 4.10. The van der Waals surface area contributed by atoms with Crippen LogP contribution in [0.2, 0.25) is 0 Å². The molecule has 4 nitrogen and oxygen atoms in total. The lowest BCUT2D eigenvalue weighted by molar-refractivity contribution is -0.144. The van der Waals surface area contributed by atoms with E-state index in [0.717, 1.165) is 4.47 Å². The van der Waals surface area contributed by atoms with Crippen LogP contribution < -0.4 is 5.32 Å². The van der Waals surface area contributed by atoms with Crippen molar-refractivity contribution in [1.29, 1.82) is 0 Å². The molecule has 1 rings (SSSR count). The zero-order valence-electron chi connectivity index (χ0n) is 10.00. The minimum atomic E-state index is -0.677. The Bertz CT molecular complexity index is 463. The predicted octanol–water partition coefficient (Wildman–Crippen LogP) is 2.89. The van der Waals surface area contributed by atoms with Gasteiger partial charge in [-0.1, -0.05) is 15.9 Å². The molecule has 0 aliphatic carbocycles. The van der Waals surface area contributed by atoms with Crippen LogP contribution in [-0.2, 0) is 9.53 Å². The number of benzene rings is 1. The van der Waals surface area contributed by atoms with Crippen molar-refractivity contribution in [1.82, 2.24) is 5.32 Å². The zero-order valence-corrected chi connectivity index (χ0v) is 13.2. The molecule has 1 aromatic rings. The van der Waals surface area contributed by atoms with Crippen LogP contribution in [0.4, 0.5) is 0 Å². The smallest absolute Gasteiger partial charge is 0.328 e. The van der Waals surface area contributed by atoms with Gasteiger partial charge in [-0.15, -0.1) is 0 Å². The second kappa shape index (κ2) is 6.89. The minimum absolute atomic E-state index is 0.291. The van der Waals surface area contributed by atoms with Crippen LogP contribution in [0.5, 0.6) is 0 Å². The molecule has 0 aliphatic rings. The molecule has 0 saturated carbocycles. The molecule has 1 unspecified atom stereocenters. The molecular formula is C12H13Br2NO3. The van der Waals surface area contributed by atoms with E-state index in [4.69, 9.17) is 4.74 Å². The van der Waals surface area contributed by atoms with Gasteiger partial charge >= 0.3 is 5.97 Å². The Hall–Kier alpha value is -0.880. The van der Waals surface area contributed by atoms with Crippen molar-refractivity contribution in [3.8, 4) is 0 Å². The Labute approximate surface area is 122 Å². The molecule has 0 bridgehead atoms. The van der Waals surface area contributed by atoms with Gasteiger partial charge in [0.2, 0.25) is 0 Å². The molecule has 98 valence electrons. The second-order valence-electron chi connectivity index (χ2n) is 3.57. The van der Waals surface area contributed by atoms with Crippen LogP contribution in [-0.4, -0.2) is 24.5 Å². The molecule has 0 saturated heterocycles. The lowest BCUT2D eigenvalue weighted by Crippen LogP contribution is -2.39. The van der Waals surface area contributed by atoms with Gasteiger partial charge < -0.3 is 10.1 Å². The van der Waals surface area contributed by atoms with Gasteiger partial charge in [-0.25, -0.2) is 4.79 Å². The maximum Gasteiger partial charge on any atom is 0.328 e. The van der Waals surface area contributed by atoms with Crippen LogP contribution in [0.3, 0.4) is 0 Å². The average molecular weight is 379 g/mol. The van der Waals surface area contributed by atoms with E-state index in [0.29, 0.717) is 16.6 Å². The van der Waals surface area contributed by atoms with Gasteiger partial charge in [-0.3, -0.25) is 4.79 Å². The summed E-state index contributed by atoms with van der Waals surface area (Å²) < 4.78 is 6.28. The highest BCUT2D eigenvalue weighted by Crippen LogP contribution is 2.21. The first kappa shape index (κ1) is 15.2. The van der Waals surface area contributed by atoms with Gasteiger partial charge in [0.1, 0.15) is 6.04 Å². The fourth-order valence-electron chi connectivity index (χ4n) is 1.27. The number of ether oxygens (including phenoxy) is 1. The molecule has 0 fully saturated rings. The second-order valence-corrected chi connectivity index (χ2v) is 5.34. The molecule has 0 radical (unpaired) electrons. The van der Waals surface area contributed by atoms with Crippen LogP contribution in [0, 0.1) is 0 Å². The number of carbonyl (C=O) groups excluding carboxylic acids is 2. The quantitative estimate of drug-likeness (QED) is 0.819. The van der Waals surface area contributed by atoms with Crippen molar-refractivity contribution in [2.24, 2.45) is 0 Å². The third-order valence-electron chi connectivity index (χ3n) is 2.16. The number of halogens is 2.